The molecule has 0 saturated heterocycles. The van der Waals surface area contributed by atoms with E-state index in [9.17, 15) is 5.11 Å². The highest BCUT2D eigenvalue weighted by molar-refractivity contribution is 5.19. The Balaban J connectivity index is 2.11. The summed E-state index contributed by atoms with van der Waals surface area (Å²) < 4.78 is 0. The lowest BCUT2D eigenvalue weighted by molar-refractivity contribution is 0.176. The monoisotopic (exact) mass is 166 g/mol. The number of aliphatic hydroxyl groups is 1. The highest BCUT2D eigenvalue weighted by atomic mass is 16.3. The van der Waals surface area contributed by atoms with Crippen LogP contribution >= 0.6 is 0 Å². The Hall–Kier alpha value is -0.300. The minimum absolute atomic E-state index is 0.140. The molecular formula is C11H18O. The molecule has 0 bridgehead atoms. The summed E-state index contributed by atoms with van der Waals surface area (Å²) in [6.45, 7) is 4.68. The summed E-state index contributed by atoms with van der Waals surface area (Å²) in [5, 5.41) is 9.45. The Labute approximate surface area is 74.5 Å². The fraction of sp³-hybridized carbons (Fsp3) is 0.818. The summed E-state index contributed by atoms with van der Waals surface area (Å²) in [7, 11) is 0. The number of hydrogen-bond acceptors (Lipinski definition) is 1. The maximum atomic E-state index is 9.45. The SMILES string of the molecule is CC1(C)CCC2=CC(O)CC2C1. The molecule has 2 unspecified atom stereocenters. The number of aliphatic hydroxyl groups excluding tert-OH is 1. The molecule has 0 aromatic heterocycles. The highest BCUT2D eigenvalue weighted by Crippen LogP contribution is 2.46. The van der Waals surface area contributed by atoms with E-state index in [1.807, 2.05) is 0 Å². The molecule has 0 aromatic carbocycles. The quantitative estimate of drug-likeness (QED) is 0.548. The van der Waals surface area contributed by atoms with E-state index in [1.54, 1.807) is 0 Å². The van der Waals surface area contributed by atoms with Crippen LogP contribution in [-0.4, -0.2) is 11.2 Å². The van der Waals surface area contributed by atoms with Crippen molar-refractivity contribution in [2.24, 2.45) is 11.3 Å². The minimum atomic E-state index is -0.140. The Morgan fingerprint density at radius 3 is 3.00 bits per heavy atom. The molecule has 0 aliphatic heterocycles. The van der Waals surface area contributed by atoms with Crippen molar-refractivity contribution in [1.82, 2.24) is 0 Å². The summed E-state index contributed by atoms with van der Waals surface area (Å²) in [5.41, 5.74) is 2.04. The van der Waals surface area contributed by atoms with Crippen molar-refractivity contribution in [2.75, 3.05) is 0 Å². The Morgan fingerprint density at radius 1 is 1.50 bits per heavy atom. The van der Waals surface area contributed by atoms with Gasteiger partial charge in [-0.3, -0.25) is 0 Å². The minimum Gasteiger partial charge on any atom is -0.389 e. The molecule has 0 heterocycles. The molecule has 2 atom stereocenters. The third-order valence-electron chi connectivity index (χ3n) is 3.35. The zero-order valence-electron chi connectivity index (χ0n) is 8.01. The Kier molecular flexibility index (Phi) is 1.80. The van der Waals surface area contributed by atoms with Gasteiger partial charge in [-0.15, -0.1) is 0 Å². The molecule has 1 heteroatoms. The van der Waals surface area contributed by atoms with Crippen LogP contribution in [0.1, 0.15) is 39.5 Å². The fourth-order valence-electron chi connectivity index (χ4n) is 2.65. The number of allylic oxidation sites excluding steroid dienone is 1. The molecule has 2 aliphatic rings. The van der Waals surface area contributed by atoms with Crippen LogP contribution in [0.5, 0.6) is 0 Å². The number of fused-ring (bicyclic) bond motifs is 1. The largest absolute Gasteiger partial charge is 0.389 e. The summed E-state index contributed by atoms with van der Waals surface area (Å²) in [4.78, 5) is 0. The van der Waals surface area contributed by atoms with E-state index < -0.39 is 0 Å². The lowest BCUT2D eigenvalue weighted by atomic mass is 9.71. The predicted molar refractivity (Wildman–Crippen MR) is 49.8 cm³/mol. The molecule has 0 aromatic rings. The van der Waals surface area contributed by atoms with Crippen molar-refractivity contribution in [2.45, 2.75) is 45.6 Å². The van der Waals surface area contributed by atoms with Crippen molar-refractivity contribution in [3.63, 3.8) is 0 Å². The predicted octanol–water partition coefficient (Wildman–Crippen LogP) is 2.50. The van der Waals surface area contributed by atoms with Gasteiger partial charge in [0.25, 0.3) is 0 Å². The second kappa shape index (κ2) is 2.59. The van der Waals surface area contributed by atoms with Gasteiger partial charge >= 0.3 is 0 Å². The van der Waals surface area contributed by atoms with Crippen LogP contribution in [0, 0.1) is 11.3 Å². The average molecular weight is 166 g/mol. The second-order valence-electron chi connectivity index (χ2n) is 5.11. The zero-order valence-corrected chi connectivity index (χ0v) is 8.01. The molecule has 68 valence electrons. The molecule has 1 saturated carbocycles. The Morgan fingerprint density at radius 2 is 2.25 bits per heavy atom. The zero-order chi connectivity index (χ0) is 8.77. The fourth-order valence-corrected chi connectivity index (χ4v) is 2.65. The van der Waals surface area contributed by atoms with Crippen LogP contribution in [0.15, 0.2) is 11.6 Å². The first kappa shape index (κ1) is 8.31. The van der Waals surface area contributed by atoms with Crippen molar-refractivity contribution in [1.29, 1.82) is 0 Å². The van der Waals surface area contributed by atoms with Crippen LogP contribution in [0.2, 0.25) is 0 Å². The molecule has 1 N–H and O–H groups in total. The van der Waals surface area contributed by atoms with Gasteiger partial charge in [0.2, 0.25) is 0 Å². The van der Waals surface area contributed by atoms with Gasteiger partial charge < -0.3 is 5.11 Å². The van der Waals surface area contributed by atoms with E-state index >= 15 is 0 Å². The van der Waals surface area contributed by atoms with Crippen LogP contribution in [-0.2, 0) is 0 Å². The lowest BCUT2D eigenvalue weighted by Crippen LogP contribution is -2.23. The van der Waals surface area contributed by atoms with Crippen molar-refractivity contribution in [3.8, 4) is 0 Å². The molecule has 2 rings (SSSR count). The molecule has 2 aliphatic carbocycles. The molecule has 0 spiro atoms. The van der Waals surface area contributed by atoms with Gasteiger partial charge in [-0.2, -0.15) is 0 Å². The van der Waals surface area contributed by atoms with Gasteiger partial charge in [0.1, 0.15) is 0 Å². The van der Waals surface area contributed by atoms with Crippen molar-refractivity contribution < 1.29 is 5.11 Å². The van der Waals surface area contributed by atoms with E-state index in [1.165, 1.54) is 24.8 Å². The van der Waals surface area contributed by atoms with Crippen molar-refractivity contribution >= 4 is 0 Å². The number of hydrogen-bond donors (Lipinski definition) is 1. The van der Waals surface area contributed by atoms with E-state index in [4.69, 9.17) is 0 Å². The molecule has 0 radical (unpaired) electrons. The highest BCUT2D eigenvalue weighted by Gasteiger charge is 2.35. The summed E-state index contributed by atoms with van der Waals surface area (Å²) in [6.07, 6.45) is 6.71. The maximum Gasteiger partial charge on any atom is 0.0729 e. The van der Waals surface area contributed by atoms with Gasteiger partial charge in [-0.1, -0.05) is 25.5 Å². The molecule has 1 fully saturated rings. The molecular weight excluding hydrogens is 148 g/mol. The van der Waals surface area contributed by atoms with Crippen LogP contribution in [0.25, 0.3) is 0 Å². The smallest absolute Gasteiger partial charge is 0.0729 e. The first-order chi connectivity index (χ1) is 5.57. The maximum absolute atomic E-state index is 9.45. The van der Waals surface area contributed by atoms with Crippen molar-refractivity contribution in [3.05, 3.63) is 11.6 Å². The summed E-state index contributed by atoms with van der Waals surface area (Å²) >= 11 is 0. The summed E-state index contributed by atoms with van der Waals surface area (Å²) in [5.74, 6) is 0.698. The standard InChI is InChI=1S/C11H18O/c1-11(2)4-3-8-5-10(12)6-9(8)7-11/h5,9-10,12H,3-4,6-7H2,1-2H3. The van der Waals surface area contributed by atoms with Crippen LogP contribution in [0.4, 0.5) is 0 Å². The molecule has 12 heavy (non-hydrogen) atoms. The van der Waals surface area contributed by atoms with Gasteiger partial charge in [-0.05, 0) is 37.0 Å². The molecule has 0 amide bonds. The van der Waals surface area contributed by atoms with E-state index in [0.717, 1.165) is 6.42 Å². The summed E-state index contributed by atoms with van der Waals surface area (Å²) in [6, 6.07) is 0. The average Bonchev–Trinajstić information content (AvgIpc) is 2.26. The van der Waals surface area contributed by atoms with Gasteiger partial charge in [0, 0.05) is 0 Å². The van der Waals surface area contributed by atoms with E-state index in [2.05, 4.69) is 19.9 Å². The number of rotatable bonds is 0. The van der Waals surface area contributed by atoms with Crippen LogP contribution < -0.4 is 0 Å². The third kappa shape index (κ3) is 1.42. The van der Waals surface area contributed by atoms with E-state index in [-0.39, 0.29) is 6.10 Å². The van der Waals surface area contributed by atoms with Gasteiger partial charge in [0.15, 0.2) is 0 Å². The first-order valence-electron chi connectivity index (χ1n) is 4.95. The lowest BCUT2D eigenvalue weighted by Gasteiger charge is -2.35. The second-order valence-corrected chi connectivity index (χ2v) is 5.11. The topological polar surface area (TPSA) is 20.2 Å². The van der Waals surface area contributed by atoms with Gasteiger partial charge in [0.05, 0.1) is 6.10 Å². The molecule has 1 nitrogen and oxygen atoms in total. The van der Waals surface area contributed by atoms with Gasteiger partial charge in [-0.25, -0.2) is 0 Å². The normalized spacial score (nSPS) is 39.1. The van der Waals surface area contributed by atoms with E-state index in [0.29, 0.717) is 11.3 Å². The third-order valence-corrected chi connectivity index (χ3v) is 3.35. The van der Waals surface area contributed by atoms with Crippen LogP contribution in [0.3, 0.4) is 0 Å². The Bertz CT molecular complexity index is 215. The first-order valence-corrected chi connectivity index (χ1v) is 4.95.